The fraction of sp³-hybridized carbons (Fsp3) is 0.400. The second-order valence-electron chi connectivity index (χ2n) is 5.01. The van der Waals surface area contributed by atoms with Crippen LogP contribution in [0.4, 0.5) is 0 Å². The Morgan fingerprint density at radius 1 is 1.28 bits per heavy atom. The zero-order valence-electron chi connectivity index (χ0n) is 11.4. The van der Waals surface area contributed by atoms with Gasteiger partial charge in [0.25, 0.3) is 0 Å². The lowest BCUT2D eigenvalue weighted by Gasteiger charge is -2.14. The first-order valence-electron chi connectivity index (χ1n) is 6.46. The van der Waals surface area contributed by atoms with Crippen molar-refractivity contribution in [3.63, 3.8) is 0 Å². The van der Waals surface area contributed by atoms with Gasteiger partial charge in [0.05, 0.1) is 12.0 Å². The average Bonchev–Trinajstić information content (AvgIpc) is 2.77. The molecule has 1 aromatic carbocycles. The zero-order valence-corrected chi connectivity index (χ0v) is 11.4. The van der Waals surface area contributed by atoms with Crippen LogP contribution in [0.25, 0.3) is 5.69 Å². The molecule has 2 rings (SSSR count). The Morgan fingerprint density at radius 2 is 2.06 bits per heavy atom. The lowest BCUT2D eigenvalue weighted by Crippen LogP contribution is -2.10. The van der Waals surface area contributed by atoms with Crippen LogP contribution < -0.4 is 5.32 Å². The molecule has 3 nitrogen and oxygen atoms in total. The molecule has 0 radical (unpaired) electrons. The van der Waals surface area contributed by atoms with Crippen molar-refractivity contribution in [2.24, 2.45) is 5.92 Å². The van der Waals surface area contributed by atoms with Crippen LogP contribution in [0.3, 0.4) is 0 Å². The molecule has 0 bridgehead atoms. The topological polar surface area (TPSA) is 29.9 Å². The minimum atomic E-state index is 0.636. The highest BCUT2D eigenvalue weighted by atomic mass is 15.1. The van der Waals surface area contributed by atoms with Crippen LogP contribution in [0.2, 0.25) is 0 Å². The van der Waals surface area contributed by atoms with Gasteiger partial charge in [-0.25, -0.2) is 4.98 Å². The van der Waals surface area contributed by atoms with E-state index in [0.717, 1.165) is 13.0 Å². The van der Waals surface area contributed by atoms with Crippen LogP contribution in [0.15, 0.2) is 36.8 Å². The molecule has 0 saturated carbocycles. The van der Waals surface area contributed by atoms with Gasteiger partial charge in [-0.15, -0.1) is 0 Å². The second kappa shape index (κ2) is 5.83. The van der Waals surface area contributed by atoms with Gasteiger partial charge in [0.15, 0.2) is 0 Å². The summed E-state index contributed by atoms with van der Waals surface area (Å²) in [6, 6.07) is 8.46. The maximum Gasteiger partial charge on any atom is 0.0994 e. The van der Waals surface area contributed by atoms with Crippen molar-refractivity contribution in [3.05, 3.63) is 48.0 Å². The summed E-state index contributed by atoms with van der Waals surface area (Å²) in [5.74, 6) is 0.636. The van der Waals surface area contributed by atoms with Crippen molar-refractivity contribution in [1.29, 1.82) is 0 Å². The van der Waals surface area contributed by atoms with E-state index in [2.05, 4.69) is 53.0 Å². The molecule has 0 aliphatic carbocycles. The van der Waals surface area contributed by atoms with E-state index in [1.807, 2.05) is 19.6 Å². The Labute approximate surface area is 109 Å². The number of hydrogen-bond acceptors (Lipinski definition) is 2. The van der Waals surface area contributed by atoms with E-state index in [0.29, 0.717) is 5.92 Å². The van der Waals surface area contributed by atoms with Gasteiger partial charge in [0.1, 0.15) is 0 Å². The smallest absolute Gasteiger partial charge is 0.0994 e. The molecule has 3 heteroatoms. The number of imidazole rings is 1. The number of rotatable bonds is 5. The van der Waals surface area contributed by atoms with Crippen LogP contribution in [-0.4, -0.2) is 16.6 Å². The summed E-state index contributed by atoms with van der Waals surface area (Å²) in [6.07, 6.45) is 4.93. The summed E-state index contributed by atoms with van der Waals surface area (Å²) in [4.78, 5) is 4.30. The molecule has 18 heavy (non-hydrogen) atoms. The van der Waals surface area contributed by atoms with Gasteiger partial charge in [-0.3, -0.25) is 0 Å². The van der Waals surface area contributed by atoms with Crippen molar-refractivity contribution in [2.45, 2.75) is 26.8 Å². The van der Waals surface area contributed by atoms with E-state index >= 15 is 0 Å². The predicted molar refractivity (Wildman–Crippen MR) is 74.9 cm³/mol. The number of aromatic nitrogens is 2. The standard InChI is InChI=1S/C15H21N3/c1-12(2)8-14-10-17-11-18(14)15-7-5-4-6-13(15)9-16-3/h4-7,10-12,16H,8-9H2,1-3H3. The lowest BCUT2D eigenvalue weighted by molar-refractivity contribution is 0.626. The Morgan fingerprint density at radius 3 is 2.78 bits per heavy atom. The highest BCUT2D eigenvalue weighted by molar-refractivity contribution is 5.42. The summed E-state index contributed by atoms with van der Waals surface area (Å²) in [7, 11) is 1.97. The Kier molecular flexibility index (Phi) is 4.15. The Bertz CT molecular complexity index is 500. The normalized spacial score (nSPS) is 11.1. The van der Waals surface area contributed by atoms with Gasteiger partial charge in [-0.2, -0.15) is 0 Å². The number of para-hydroxylation sites is 1. The summed E-state index contributed by atoms with van der Waals surface area (Å²) in [5, 5.41) is 3.21. The van der Waals surface area contributed by atoms with Crippen molar-refractivity contribution >= 4 is 0 Å². The second-order valence-corrected chi connectivity index (χ2v) is 5.01. The SMILES string of the molecule is CNCc1ccccc1-n1cncc1CC(C)C. The van der Waals surface area contributed by atoms with Crippen molar-refractivity contribution in [1.82, 2.24) is 14.9 Å². The van der Waals surface area contributed by atoms with Gasteiger partial charge in [-0.05, 0) is 31.0 Å². The number of hydrogen-bond donors (Lipinski definition) is 1. The molecular formula is C15H21N3. The van der Waals surface area contributed by atoms with Crippen LogP contribution >= 0.6 is 0 Å². The predicted octanol–water partition coefficient (Wildman–Crippen LogP) is 2.79. The van der Waals surface area contributed by atoms with E-state index < -0.39 is 0 Å². The minimum Gasteiger partial charge on any atom is -0.316 e. The lowest BCUT2D eigenvalue weighted by atomic mass is 10.1. The number of benzene rings is 1. The molecule has 1 aromatic heterocycles. The number of nitrogens with zero attached hydrogens (tertiary/aromatic N) is 2. The monoisotopic (exact) mass is 243 g/mol. The Balaban J connectivity index is 2.39. The molecule has 0 saturated heterocycles. The maximum absolute atomic E-state index is 4.30. The quantitative estimate of drug-likeness (QED) is 0.875. The highest BCUT2D eigenvalue weighted by Crippen LogP contribution is 2.18. The maximum atomic E-state index is 4.30. The van der Waals surface area contributed by atoms with Gasteiger partial charge < -0.3 is 9.88 Å². The molecule has 0 spiro atoms. The average molecular weight is 243 g/mol. The third-order valence-corrected chi connectivity index (χ3v) is 2.95. The fourth-order valence-electron chi connectivity index (χ4n) is 2.19. The van der Waals surface area contributed by atoms with E-state index in [1.54, 1.807) is 0 Å². The summed E-state index contributed by atoms with van der Waals surface area (Å²) < 4.78 is 2.20. The van der Waals surface area contributed by atoms with Crippen molar-refractivity contribution < 1.29 is 0 Å². The van der Waals surface area contributed by atoms with Gasteiger partial charge in [0.2, 0.25) is 0 Å². The highest BCUT2D eigenvalue weighted by Gasteiger charge is 2.09. The molecule has 0 aliphatic heterocycles. The summed E-state index contributed by atoms with van der Waals surface area (Å²) in [5.41, 5.74) is 3.79. The summed E-state index contributed by atoms with van der Waals surface area (Å²) >= 11 is 0. The fourth-order valence-corrected chi connectivity index (χ4v) is 2.19. The third-order valence-electron chi connectivity index (χ3n) is 2.95. The first kappa shape index (κ1) is 12.8. The molecule has 2 aromatic rings. The molecule has 0 fully saturated rings. The van der Waals surface area contributed by atoms with E-state index in [9.17, 15) is 0 Å². The summed E-state index contributed by atoms with van der Waals surface area (Å²) in [6.45, 7) is 5.34. The van der Waals surface area contributed by atoms with E-state index in [1.165, 1.54) is 16.9 Å². The molecule has 1 N–H and O–H groups in total. The van der Waals surface area contributed by atoms with Crippen LogP contribution in [-0.2, 0) is 13.0 Å². The first-order valence-corrected chi connectivity index (χ1v) is 6.46. The molecule has 0 aliphatic rings. The van der Waals surface area contributed by atoms with E-state index in [4.69, 9.17) is 0 Å². The minimum absolute atomic E-state index is 0.636. The van der Waals surface area contributed by atoms with Crippen molar-refractivity contribution in [3.8, 4) is 5.69 Å². The van der Waals surface area contributed by atoms with Gasteiger partial charge in [-0.1, -0.05) is 32.0 Å². The largest absolute Gasteiger partial charge is 0.316 e. The van der Waals surface area contributed by atoms with E-state index in [-0.39, 0.29) is 0 Å². The molecule has 0 unspecified atom stereocenters. The first-order chi connectivity index (χ1) is 8.72. The number of nitrogens with one attached hydrogen (secondary N) is 1. The molecule has 0 atom stereocenters. The van der Waals surface area contributed by atoms with Crippen molar-refractivity contribution in [2.75, 3.05) is 7.05 Å². The van der Waals surface area contributed by atoms with Crippen LogP contribution in [0.5, 0.6) is 0 Å². The molecule has 96 valence electrons. The third kappa shape index (κ3) is 2.79. The zero-order chi connectivity index (χ0) is 13.0. The van der Waals surface area contributed by atoms with Gasteiger partial charge in [0, 0.05) is 18.4 Å². The van der Waals surface area contributed by atoms with Crippen LogP contribution in [0, 0.1) is 5.92 Å². The molecule has 0 amide bonds. The van der Waals surface area contributed by atoms with Gasteiger partial charge >= 0.3 is 0 Å². The molecular weight excluding hydrogens is 222 g/mol. The van der Waals surface area contributed by atoms with Crippen LogP contribution in [0.1, 0.15) is 25.1 Å². The molecule has 1 heterocycles. The Hall–Kier alpha value is -1.61.